The maximum absolute atomic E-state index is 11.0. The van der Waals surface area contributed by atoms with Gasteiger partial charge in [0.1, 0.15) is 0 Å². The smallest absolute Gasteiger partial charge is 0.159 e. The van der Waals surface area contributed by atoms with Crippen LogP contribution in [0.15, 0.2) is 36.9 Å². The third-order valence-electron chi connectivity index (χ3n) is 2.23. The molecule has 0 heterocycles. The highest BCUT2D eigenvalue weighted by Crippen LogP contribution is 2.08. The Morgan fingerprint density at radius 3 is 2.50 bits per heavy atom. The van der Waals surface area contributed by atoms with Crippen molar-refractivity contribution in [1.82, 2.24) is 0 Å². The molecule has 1 aromatic rings. The minimum atomic E-state index is 0.127. The third-order valence-corrected chi connectivity index (χ3v) is 2.23. The molecule has 0 amide bonds. The minimum absolute atomic E-state index is 0.127. The molecule has 0 aliphatic heterocycles. The number of unbranched alkanes of at least 4 members (excludes halogenated alkanes) is 1. The summed E-state index contributed by atoms with van der Waals surface area (Å²) in [4.78, 5) is 11.0. The molecule has 1 aromatic carbocycles. The number of carbonyl (C=O) groups is 1. The first-order chi connectivity index (χ1) is 6.74. The van der Waals surface area contributed by atoms with Crippen LogP contribution < -0.4 is 0 Å². The van der Waals surface area contributed by atoms with Gasteiger partial charge in [0.15, 0.2) is 5.78 Å². The van der Waals surface area contributed by atoms with E-state index in [0.29, 0.717) is 0 Å². The second-order valence-electron chi connectivity index (χ2n) is 3.43. The van der Waals surface area contributed by atoms with E-state index in [0.717, 1.165) is 24.8 Å². The first-order valence-corrected chi connectivity index (χ1v) is 4.95. The summed E-state index contributed by atoms with van der Waals surface area (Å²) < 4.78 is 0. The number of allylic oxidation sites excluding steroid dienone is 1. The molecular weight excluding hydrogens is 172 g/mol. The van der Waals surface area contributed by atoms with E-state index in [1.165, 1.54) is 5.56 Å². The van der Waals surface area contributed by atoms with Crippen molar-refractivity contribution in [3.8, 4) is 0 Å². The second kappa shape index (κ2) is 5.38. The maximum Gasteiger partial charge on any atom is 0.159 e. The first-order valence-electron chi connectivity index (χ1n) is 4.95. The lowest BCUT2D eigenvalue weighted by Gasteiger charge is -2.00. The molecule has 0 aliphatic carbocycles. The van der Waals surface area contributed by atoms with E-state index >= 15 is 0 Å². The molecule has 14 heavy (non-hydrogen) atoms. The molecule has 0 N–H and O–H groups in total. The van der Waals surface area contributed by atoms with Crippen LogP contribution in [0.1, 0.15) is 35.7 Å². The maximum atomic E-state index is 11.0. The summed E-state index contributed by atoms with van der Waals surface area (Å²) in [6.45, 7) is 5.27. The molecule has 0 spiro atoms. The van der Waals surface area contributed by atoms with Crippen LogP contribution in [0.4, 0.5) is 0 Å². The van der Waals surface area contributed by atoms with E-state index in [1.807, 2.05) is 30.3 Å². The van der Waals surface area contributed by atoms with Gasteiger partial charge in [0.2, 0.25) is 0 Å². The monoisotopic (exact) mass is 188 g/mol. The van der Waals surface area contributed by atoms with Crippen LogP contribution in [0, 0.1) is 0 Å². The molecule has 0 unspecified atom stereocenters. The van der Waals surface area contributed by atoms with Gasteiger partial charge in [0.25, 0.3) is 0 Å². The van der Waals surface area contributed by atoms with E-state index < -0.39 is 0 Å². The Labute approximate surface area is 85.5 Å². The number of carbonyl (C=O) groups excluding carboxylic acids is 1. The van der Waals surface area contributed by atoms with Crippen molar-refractivity contribution in [2.24, 2.45) is 0 Å². The number of rotatable bonds is 5. The second-order valence-corrected chi connectivity index (χ2v) is 3.43. The summed E-state index contributed by atoms with van der Waals surface area (Å²) in [5.74, 6) is 0.127. The largest absolute Gasteiger partial charge is 0.295 e. The lowest BCUT2D eigenvalue weighted by atomic mass is 10.0. The van der Waals surface area contributed by atoms with Gasteiger partial charge in [-0.1, -0.05) is 30.3 Å². The van der Waals surface area contributed by atoms with Gasteiger partial charge in [-0.05, 0) is 31.7 Å². The van der Waals surface area contributed by atoms with Gasteiger partial charge < -0.3 is 0 Å². The van der Waals surface area contributed by atoms with Crippen molar-refractivity contribution in [2.75, 3.05) is 0 Å². The SMILES string of the molecule is C=CCCCc1ccc(C(C)=O)cc1. The lowest BCUT2D eigenvalue weighted by molar-refractivity contribution is 0.101. The van der Waals surface area contributed by atoms with Crippen molar-refractivity contribution in [3.63, 3.8) is 0 Å². The fourth-order valence-electron chi connectivity index (χ4n) is 1.36. The number of hydrogen-bond donors (Lipinski definition) is 0. The van der Waals surface area contributed by atoms with Crippen LogP contribution in [0.5, 0.6) is 0 Å². The highest BCUT2D eigenvalue weighted by Gasteiger charge is 1.98. The molecule has 1 rings (SSSR count). The zero-order valence-electron chi connectivity index (χ0n) is 8.62. The quantitative estimate of drug-likeness (QED) is 0.393. The van der Waals surface area contributed by atoms with E-state index in [9.17, 15) is 4.79 Å². The van der Waals surface area contributed by atoms with Crippen molar-refractivity contribution in [3.05, 3.63) is 48.0 Å². The van der Waals surface area contributed by atoms with Crippen molar-refractivity contribution < 1.29 is 4.79 Å². The van der Waals surface area contributed by atoms with Crippen LogP contribution in [0.25, 0.3) is 0 Å². The molecule has 0 fully saturated rings. The Hall–Kier alpha value is -1.37. The predicted octanol–water partition coefficient (Wildman–Crippen LogP) is 3.40. The van der Waals surface area contributed by atoms with Crippen molar-refractivity contribution >= 4 is 5.78 Å². The first kappa shape index (κ1) is 10.7. The standard InChI is InChI=1S/C13H16O/c1-3-4-5-6-12-7-9-13(10-8-12)11(2)14/h3,7-10H,1,4-6H2,2H3. The zero-order chi connectivity index (χ0) is 10.4. The summed E-state index contributed by atoms with van der Waals surface area (Å²) in [5, 5.41) is 0. The highest BCUT2D eigenvalue weighted by molar-refractivity contribution is 5.93. The predicted molar refractivity (Wildman–Crippen MR) is 59.6 cm³/mol. The van der Waals surface area contributed by atoms with Crippen molar-refractivity contribution in [1.29, 1.82) is 0 Å². The number of benzene rings is 1. The zero-order valence-corrected chi connectivity index (χ0v) is 8.62. The van der Waals surface area contributed by atoms with Gasteiger partial charge in [-0.15, -0.1) is 6.58 Å². The summed E-state index contributed by atoms with van der Waals surface area (Å²) >= 11 is 0. The molecule has 0 saturated heterocycles. The Morgan fingerprint density at radius 1 is 1.36 bits per heavy atom. The van der Waals surface area contributed by atoms with Gasteiger partial charge >= 0.3 is 0 Å². The molecule has 1 heteroatoms. The Bertz CT molecular complexity index is 309. The summed E-state index contributed by atoms with van der Waals surface area (Å²) in [6, 6.07) is 7.84. The van der Waals surface area contributed by atoms with E-state index in [2.05, 4.69) is 6.58 Å². The van der Waals surface area contributed by atoms with Crippen molar-refractivity contribution in [2.45, 2.75) is 26.2 Å². The van der Waals surface area contributed by atoms with Crippen LogP contribution in [-0.2, 0) is 6.42 Å². The molecule has 1 nitrogen and oxygen atoms in total. The molecular formula is C13H16O. The van der Waals surface area contributed by atoms with Crippen LogP contribution in [0.3, 0.4) is 0 Å². The van der Waals surface area contributed by atoms with Gasteiger partial charge in [0.05, 0.1) is 0 Å². The van der Waals surface area contributed by atoms with Crippen LogP contribution in [0.2, 0.25) is 0 Å². The summed E-state index contributed by atoms with van der Waals surface area (Å²) in [5.41, 5.74) is 2.08. The van der Waals surface area contributed by atoms with Crippen LogP contribution in [-0.4, -0.2) is 5.78 Å². The molecule has 0 aromatic heterocycles. The van der Waals surface area contributed by atoms with Gasteiger partial charge in [0, 0.05) is 5.56 Å². The molecule has 0 radical (unpaired) electrons. The van der Waals surface area contributed by atoms with E-state index in [4.69, 9.17) is 0 Å². The average molecular weight is 188 g/mol. The van der Waals surface area contributed by atoms with Gasteiger partial charge in [-0.25, -0.2) is 0 Å². The fourth-order valence-corrected chi connectivity index (χ4v) is 1.36. The number of ketones is 1. The summed E-state index contributed by atoms with van der Waals surface area (Å²) in [7, 11) is 0. The molecule has 0 aliphatic rings. The van der Waals surface area contributed by atoms with Crippen LogP contribution >= 0.6 is 0 Å². The molecule has 0 atom stereocenters. The van der Waals surface area contributed by atoms with E-state index in [1.54, 1.807) is 6.92 Å². The molecule has 0 bridgehead atoms. The Kier molecular flexibility index (Phi) is 4.11. The minimum Gasteiger partial charge on any atom is -0.295 e. The average Bonchev–Trinajstić information content (AvgIpc) is 2.19. The Morgan fingerprint density at radius 2 is 2.00 bits per heavy atom. The van der Waals surface area contributed by atoms with E-state index in [-0.39, 0.29) is 5.78 Å². The molecule has 74 valence electrons. The lowest BCUT2D eigenvalue weighted by Crippen LogP contribution is -1.92. The number of aryl methyl sites for hydroxylation is 1. The summed E-state index contributed by atoms with van der Waals surface area (Å²) in [6.07, 6.45) is 5.17. The number of Topliss-reactive ketones (excluding diaryl/α,β-unsaturated/α-hetero) is 1. The van der Waals surface area contributed by atoms with Gasteiger partial charge in [-0.2, -0.15) is 0 Å². The van der Waals surface area contributed by atoms with Gasteiger partial charge in [-0.3, -0.25) is 4.79 Å². The highest BCUT2D eigenvalue weighted by atomic mass is 16.1. The third kappa shape index (κ3) is 3.17. The number of hydrogen-bond acceptors (Lipinski definition) is 1. The topological polar surface area (TPSA) is 17.1 Å². The Balaban J connectivity index is 2.55. The normalized spacial score (nSPS) is 9.79. The fraction of sp³-hybridized carbons (Fsp3) is 0.308. The molecule has 0 saturated carbocycles.